The molecule has 7 nitrogen and oxygen atoms in total. The van der Waals surface area contributed by atoms with E-state index < -0.39 is 17.7 Å². The van der Waals surface area contributed by atoms with Crippen molar-refractivity contribution in [2.24, 2.45) is 0 Å². The fourth-order valence-corrected chi connectivity index (χ4v) is 4.19. The first-order valence-electron chi connectivity index (χ1n) is 10.4. The lowest BCUT2D eigenvalue weighted by Crippen LogP contribution is -2.29. The molecule has 3 heterocycles. The second-order valence-electron chi connectivity index (χ2n) is 7.54. The molecular weight excluding hydrogens is 410 g/mol. The number of carbonyl (C=O) groups excluding carboxylic acids is 2. The molecule has 0 saturated carbocycles. The summed E-state index contributed by atoms with van der Waals surface area (Å²) in [7, 11) is 0. The van der Waals surface area contributed by atoms with Crippen LogP contribution in [0.5, 0.6) is 11.5 Å². The molecule has 2 aliphatic rings. The van der Waals surface area contributed by atoms with Crippen molar-refractivity contribution in [3.05, 3.63) is 83.3 Å². The molecule has 2 aliphatic heterocycles. The minimum Gasteiger partial charge on any atom is -0.507 e. The zero-order valence-corrected chi connectivity index (χ0v) is 17.4. The Hall–Kier alpha value is -4.00. The van der Waals surface area contributed by atoms with Gasteiger partial charge in [0.2, 0.25) is 0 Å². The number of benzene rings is 2. The molecule has 1 aromatic heterocycles. The van der Waals surface area contributed by atoms with Crippen LogP contribution in [0.2, 0.25) is 0 Å². The number of anilines is 1. The predicted octanol–water partition coefficient (Wildman–Crippen LogP) is 4.24. The average molecular weight is 431 g/mol. The minimum atomic E-state index is -0.911. The molecule has 2 aromatic carbocycles. The standard InChI is InChI=1S/C25H21NO6/c1-2-30-18-6-3-5-17(14-18)26-22(20-7-4-11-31-20)21(24(28)25(26)29)23(27)16-8-9-19-15(13-16)10-12-32-19/h3-9,11,13-14,22,27H,2,10,12H2,1H3/b23-21-. The van der Waals surface area contributed by atoms with Gasteiger partial charge in [0.15, 0.2) is 0 Å². The number of ketones is 1. The monoisotopic (exact) mass is 431 g/mol. The van der Waals surface area contributed by atoms with Crippen LogP contribution in [-0.4, -0.2) is 30.0 Å². The molecule has 0 bridgehead atoms. The van der Waals surface area contributed by atoms with Crippen LogP contribution in [0.15, 0.2) is 70.9 Å². The third-order valence-electron chi connectivity index (χ3n) is 5.63. The van der Waals surface area contributed by atoms with E-state index in [9.17, 15) is 14.7 Å². The molecule has 1 atom stereocenters. The minimum absolute atomic E-state index is 0.0226. The van der Waals surface area contributed by atoms with Crippen molar-refractivity contribution in [3.63, 3.8) is 0 Å². The van der Waals surface area contributed by atoms with E-state index in [1.807, 2.05) is 6.92 Å². The maximum atomic E-state index is 13.1. The third kappa shape index (κ3) is 3.22. The van der Waals surface area contributed by atoms with Crippen LogP contribution in [0, 0.1) is 0 Å². The van der Waals surface area contributed by atoms with Gasteiger partial charge in [0, 0.05) is 23.7 Å². The van der Waals surface area contributed by atoms with Gasteiger partial charge >= 0.3 is 0 Å². The molecule has 1 amide bonds. The van der Waals surface area contributed by atoms with E-state index in [1.165, 1.54) is 11.2 Å². The average Bonchev–Trinajstić information content (AvgIpc) is 3.54. The molecule has 1 N–H and O–H groups in total. The highest BCUT2D eigenvalue weighted by Gasteiger charge is 2.48. The summed E-state index contributed by atoms with van der Waals surface area (Å²) in [6.45, 7) is 2.90. The zero-order chi connectivity index (χ0) is 22.2. The number of nitrogens with zero attached hydrogens (tertiary/aromatic N) is 1. The van der Waals surface area contributed by atoms with Gasteiger partial charge in [-0.1, -0.05) is 6.07 Å². The number of fused-ring (bicyclic) bond motifs is 1. The van der Waals surface area contributed by atoms with E-state index in [0.717, 1.165) is 17.7 Å². The number of ether oxygens (including phenoxy) is 2. The van der Waals surface area contributed by atoms with Gasteiger partial charge in [0.1, 0.15) is 29.1 Å². The molecule has 3 aromatic rings. The van der Waals surface area contributed by atoms with E-state index in [2.05, 4.69) is 0 Å². The summed E-state index contributed by atoms with van der Waals surface area (Å²) in [6, 6.07) is 14.6. The Morgan fingerprint density at radius 2 is 2.03 bits per heavy atom. The summed E-state index contributed by atoms with van der Waals surface area (Å²) >= 11 is 0. The number of Topliss-reactive ketones (excluding diaryl/α,β-unsaturated/α-hetero) is 1. The molecule has 5 rings (SSSR count). The van der Waals surface area contributed by atoms with Crippen LogP contribution >= 0.6 is 0 Å². The van der Waals surface area contributed by atoms with E-state index in [4.69, 9.17) is 13.9 Å². The maximum Gasteiger partial charge on any atom is 0.300 e. The van der Waals surface area contributed by atoms with Crippen LogP contribution in [-0.2, 0) is 16.0 Å². The predicted molar refractivity (Wildman–Crippen MR) is 117 cm³/mol. The molecular formula is C25H21NO6. The normalized spacial score (nSPS) is 19.2. The van der Waals surface area contributed by atoms with Crippen molar-refractivity contribution < 1.29 is 28.6 Å². The number of amides is 1. The Morgan fingerprint density at radius 3 is 2.81 bits per heavy atom. The van der Waals surface area contributed by atoms with Gasteiger partial charge in [-0.05, 0) is 55.0 Å². The first kappa shape index (κ1) is 19.9. The lowest BCUT2D eigenvalue weighted by atomic mass is 9.98. The smallest absolute Gasteiger partial charge is 0.300 e. The Kier molecular flexibility index (Phi) is 4.93. The van der Waals surface area contributed by atoms with Crippen molar-refractivity contribution in [1.82, 2.24) is 0 Å². The summed E-state index contributed by atoms with van der Waals surface area (Å²) in [5.41, 5.74) is 1.85. The quantitative estimate of drug-likeness (QED) is 0.369. The molecule has 1 saturated heterocycles. The summed E-state index contributed by atoms with van der Waals surface area (Å²) in [6.07, 6.45) is 2.19. The number of rotatable bonds is 5. The van der Waals surface area contributed by atoms with Crippen molar-refractivity contribution in [2.75, 3.05) is 18.1 Å². The highest BCUT2D eigenvalue weighted by atomic mass is 16.5. The second-order valence-corrected chi connectivity index (χ2v) is 7.54. The molecule has 162 valence electrons. The number of hydrogen-bond donors (Lipinski definition) is 1. The summed E-state index contributed by atoms with van der Waals surface area (Å²) in [5, 5.41) is 11.2. The Balaban J connectivity index is 1.66. The van der Waals surface area contributed by atoms with E-state index in [1.54, 1.807) is 54.6 Å². The van der Waals surface area contributed by atoms with E-state index in [-0.39, 0.29) is 11.3 Å². The van der Waals surface area contributed by atoms with Crippen LogP contribution in [0.25, 0.3) is 5.76 Å². The molecule has 0 aliphatic carbocycles. The zero-order valence-electron chi connectivity index (χ0n) is 17.4. The Morgan fingerprint density at radius 1 is 1.16 bits per heavy atom. The lowest BCUT2D eigenvalue weighted by Gasteiger charge is -2.23. The highest BCUT2D eigenvalue weighted by Crippen LogP contribution is 2.43. The Bertz CT molecular complexity index is 1230. The Labute approximate surface area is 184 Å². The second kappa shape index (κ2) is 7.92. The molecule has 32 heavy (non-hydrogen) atoms. The lowest BCUT2D eigenvalue weighted by molar-refractivity contribution is -0.132. The molecule has 0 radical (unpaired) electrons. The van der Waals surface area contributed by atoms with Gasteiger partial charge in [-0.2, -0.15) is 0 Å². The fraction of sp³-hybridized carbons (Fsp3) is 0.200. The summed E-state index contributed by atoms with van der Waals surface area (Å²) < 4.78 is 16.7. The maximum absolute atomic E-state index is 13.1. The first-order valence-corrected chi connectivity index (χ1v) is 10.4. The number of aliphatic hydroxyl groups is 1. The molecule has 1 fully saturated rings. The van der Waals surface area contributed by atoms with E-state index in [0.29, 0.717) is 36.0 Å². The third-order valence-corrected chi connectivity index (χ3v) is 5.63. The van der Waals surface area contributed by atoms with Gasteiger partial charge in [-0.3, -0.25) is 14.5 Å². The van der Waals surface area contributed by atoms with Crippen molar-refractivity contribution >= 4 is 23.1 Å². The molecule has 1 unspecified atom stereocenters. The summed E-state index contributed by atoms with van der Waals surface area (Å²) in [4.78, 5) is 27.6. The largest absolute Gasteiger partial charge is 0.507 e. The van der Waals surface area contributed by atoms with Gasteiger partial charge < -0.3 is 19.0 Å². The van der Waals surface area contributed by atoms with Gasteiger partial charge in [-0.15, -0.1) is 0 Å². The number of furan rings is 1. The van der Waals surface area contributed by atoms with Crippen molar-refractivity contribution in [3.8, 4) is 11.5 Å². The van der Waals surface area contributed by atoms with Gasteiger partial charge in [-0.25, -0.2) is 0 Å². The highest BCUT2D eigenvalue weighted by molar-refractivity contribution is 6.51. The van der Waals surface area contributed by atoms with Gasteiger partial charge in [0.05, 0.1) is 25.1 Å². The van der Waals surface area contributed by atoms with Gasteiger partial charge in [0.25, 0.3) is 11.7 Å². The topological polar surface area (TPSA) is 89.2 Å². The SMILES string of the molecule is CCOc1cccc(N2C(=O)C(=O)/C(=C(\O)c3ccc4c(c3)CCO4)C2c2ccco2)c1. The molecule has 0 spiro atoms. The van der Waals surface area contributed by atoms with Crippen LogP contribution in [0.4, 0.5) is 5.69 Å². The van der Waals surface area contributed by atoms with Crippen LogP contribution in [0.3, 0.4) is 0 Å². The van der Waals surface area contributed by atoms with Crippen molar-refractivity contribution in [2.45, 2.75) is 19.4 Å². The molecule has 7 heteroatoms. The van der Waals surface area contributed by atoms with Crippen molar-refractivity contribution in [1.29, 1.82) is 0 Å². The number of hydrogen-bond acceptors (Lipinski definition) is 6. The fourth-order valence-electron chi connectivity index (χ4n) is 4.19. The number of aliphatic hydroxyl groups excluding tert-OH is 1. The van der Waals surface area contributed by atoms with Crippen LogP contribution in [0.1, 0.15) is 29.9 Å². The first-order chi connectivity index (χ1) is 15.6. The number of carbonyl (C=O) groups is 2. The van der Waals surface area contributed by atoms with Crippen LogP contribution < -0.4 is 14.4 Å². The summed E-state index contributed by atoms with van der Waals surface area (Å²) in [5.74, 6) is -0.0606. The van der Waals surface area contributed by atoms with E-state index >= 15 is 0 Å².